The van der Waals surface area contributed by atoms with Crippen molar-refractivity contribution in [2.24, 2.45) is 4.99 Å². The molecule has 2 aromatic heterocycles. The van der Waals surface area contributed by atoms with Gasteiger partial charge in [-0.25, -0.2) is 0 Å². The number of aliphatic imine (C=N–C) groups is 1. The normalized spacial score (nSPS) is 14.5. The highest BCUT2D eigenvalue weighted by atomic mass is 16.5. The lowest BCUT2D eigenvalue weighted by molar-refractivity contribution is 0.306. The fourth-order valence-electron chi connectivity index (χ4n) is 3.82. The Morgan fingerprint density at radius 3 is 2.55 bits per heavy atom. The molecule has 0 radical (unpaired) electrons. The molecule has 0 atom stereocenters. The summed E-state index contributed by atoms with van der Waals surface area (Å²) in [5, 5.41) is 1.19. The van der Waals surface area contributed by atoms with E-state index in [1.165, 1.54) is 5.39 Å². The maximum atomic E-state index is 6.22. The topological polar surface area (TPSA) is 53.2 Å². The summed E-state index contributed by atoms with van der Waals surface area (Å²) < 4.78 is 6.22. The first-order valence-corrected chi connectivity index (χ1v) is 10.7. The van der Waals surface area contributed by atoms with Gasteiger partial charge in [0.2, 0.25) is 0 Å². The van der Waals surface area contributed by atoms with Gasteiger partial charge in [-0.15, -0.1) is 0 Å². The smallest absolute Gasteiger partial charge is 0.145 e. The SMILES string of the molecule is CCCC1=N/C(=C/c2[nH]c(-c3cc4ccccc4[nH]3)cc2OCc2ccccc2)C=C1. The van der Waals surface area contributed by atoms with Gasteiger partial charge in [0.25, 0.3) is 0 Å². The molecule has 0 saturated heterocycles. The number of nitrogens with zero attached hydrogens (tertiary/aromatic N) is 1. The highest BCUT2D eigenvalue weighted by Crippen LogP contribution is 2.32. The molecule has 31 heavy (non-hydrogen) atoms. The van der Waals surface area contributed by atoms with Crippen LogP contribution in [0.25, 0.3) is 28.4 Å². The second kappa shape index (κ2) is 8.52. The summed E-state index contributed by atoms with van der Waals surface area (Å²) in [6.45, 7) is 2.69. The molecule has 0 bridgehead atoms. The van der Waals surface area contributed by atoms with Gasteiger partial charge in [0.05, 0.1) is 22.8 Å². The maximum Gasteiger partial charge on any atom is 0.145 e. The van der Waals surface area contributed by atoms with Crippen LogP contribution in [0.3, 0.4) is 0 Å². The minimum Gasteiger partial charge on any atom is -0.487 e. The van der Waals surface area contributed by atoms with Gasteiger partial charge in [0, 0.05) is 22.7 Å². The van der Waals surface area contributed by atoms with Crippen LogP contribution in [0.5, 0.6) is 5.75 Å². The Balaban J connectivity index is 1.49. The molecule has 154 valence electrons. The summed E-state index contributed by atoms with van der Waals surface area (Å²) in [5.41, 5.74) is 7.27. The van der Waals surface area contributed by atoms with Crippen molar-refractivity contribution >= 4 is 22.7 Å². The Bertz CT molecular complexity index is 1260. The lowest BCUT2D eigenvalue weighted by Crippen LogP contribution is -1.95. The molecule has 0 aliphatic carbocycles. The molecule has 4 heteroatoms. The van der Waals surface area contributed by atoms with Crippen LogP contribution in [0.2, 0.25) is 0 Å². The highest BCUT2D eigenvalue weighted by Gasteiger charge is 2.13. The van der Waals surface area contributed by atoms with Gasteiger partial charge in [0.15, 0.2) is 0 Å². The number of fused-ring (bicyclic) bond motifs is 1. The van der Waals surface area contributed by atoms with Crippen LogP contribution < -0.4 is 4.74 Å². The van der Waals surface area contributed by atoms with Crippen LogP contribution in [0.1, 0.15) is 31.0 Å². The number of nitrogens with one attached hydrogen (secondary N) is 2. The number of rotatable bonds is 7. The van der Waals surface area contributed by atoms with Crippen molar-refractivity contribution in [2.75, 3.05) is 0 Å². The molecular formula is C27H25N3O. The van der Waals surface area contributed by atoms with Gasteiger partial charge in [-0.2, -0.15) is 0 Å². The average molecular weight is 408 g/mol. The van der Waals surface area contributed by atoms with Crippen molar-refractivity contribution in [3.63, 3.8) is 0 Å². The van der Waals surface area contributed by atoms with E-state index in [9.17, 15) is 0 Å². The van der Waals surface area contributed by atoms with E-state index >= 15 is 0 Å². The maximum absolute atomic E-state index is 6.22. The van der Waals surface area contributed by atoms with Crippen molar-refractivity contribution < 1.29 is 4.74 Å². The van der Waals surface area contributed by atoms with Gasteiger partial charge in [-0.05, 0) is 42.3 Å². The minimum atomic E-state index is 0.515. The van der Waals surface area contributed by atoms with Crippen LogP contribution in [-0.2, 0) is 6.61 Å². The first kappa shape index (κ1) is 19.2. The number of allylic oxidation sites excluding steroid dienone is 2. The van der Waals surface area contributed by atoms with Crippen molar-refractivity contribution in [2.45, 2.75) is 26.4 Å². The van der Waals surface area contributed by atoms with E-state index < -0.39 is 0 Å². The first-order valence-electron chi connectivity index (χ1n) is 10.7. The van der Waals surface area contributed by atoms with Gasteiger partial charge < -0.3 is 14.7 Å². The van der Waals surface area contributed by atoms with Gasteiger partial charge in [-0.3, -0.25) is 4.99 Å². The summed E-state index contributed by atoms with van der Waals surface area (Å²) in [5.74, 6) is 0.817. The Kier molecular flexibility index (Phi) is 5.28. The third kappa shape index (κ3) is 4.24. The summed E-state index contributed by atoms with van der Waals surface area (Å²) in [6, 6.07) is 22.7. The van der Waals surface area contributed by atoms with Crippen LogP contribution in [0.15, 0.2) is 89.6 Å². The average Bonchev–Trinajstić information content (AvgIpc) is 3.52. The fourth-order valence-corrected chi connectivity index (χ4v) is 3.82. The zero-order valence-corrected chi connectivity index (χ0v) is 17.6. The third-order valence-corrected chi connectivity index (χ3v) is 5.39. The zero-order chi connectivity index (χ0) is 21.0. The van der Waals surface area contributed by atoms with Crippen LogP contribution in [0.4, 0.5) is 0 Å². The number of hydrogen-bond donors (Lipinski definition) is 2. The minimum absolute atomic E-state index is 0.515. The molecule has 1 aliphatic rings. The molecule has 4 nitrogen and oxygen atoms in total. The summed E-state index contributed by atoms with van der Waals surface area (Å²) in [4.78, 5) is 11.8. The standard InChI is InChI=1S/C27H25N3O/c1-2-8-21-13-14-22(28-21)16-26-27(31-18-19-9-4-3-5-10-19)17-25(30-26)24-15-20-11-6-7-12-23(20)29-24/h3-7,9-17,29-30H,2,8,18H2,1H3/b22-16+. The zero-order valence-electron chi connectivity index (χ0n) is 17.6. The molecule has 5 rings (SSSR count). The first-order chi connectivity index (χ1) is 15.3. The molecule has 3 heterocycles. The van der Waals surface area contributed by atoms with E-state index in [4.69, 9.17) is 9.73 Å². The molecule has 0 fully saturated rings. The van der Waals surface area contributed by atoms with Crippen molar-refractivity contribution in [3.8, 4) is 17.1 Å². The van der Waals surface area contributed by atoms with Crippen LogP contribution >= 0.6 is 0 Å². The molecule has 2 N–H and O–H groups in total. The fraction of sp³-hybridized carbons (Fsp3) is 0.148. The van der Waals surface area contributed by atoms with Gasteiger partial charge in [0.1, 0.15) is 12.4 Å². The molecule has 0 amide bonds. The Morgan fingerprint density at radius 1 is 0.903 bits per heavy atom. The summed E-state index contributed by atoms with van der Waals surface area (Å²) in [6.07, 6.45) is 8.31. The van der Waals surface area contributed by atoms with Gasteiger partial charge in [-0.1, -0.05) is 61.9 Å². The van der Waals surface area contributed by atoms with Crippen molar-refractivity contribution in [1.82, 2.24) is 9.97 Å². The molecule has 0 unspecified atom stereocenters. The van der Waals surface area contributed by atoms with Crippen LogP contribution in [0, 0.1) is 0 Å². The van der Waals surface area contributed by atoms with Crippen LogP contribution in [-0.4, -0.2) is 15.7 Å². The van der Waals surface area contributed by atoms with E-state index in [0.717, 1.165) is 58.2 Å². The molecule has 0 spiro atoms. The lowest BCUT2D eigenvalue weighted by Gasteiger charge is -2.05. The van der Waals surface area contributed by atoms with Crippen molar-refractivity contribution in [1.29, 1.82) is 0 Å². The number of aromatic nitrogens is 2. The van der Waals surface area contributed by atoms with Gasteiger partial charge >= 0.3 is 0 Å². The predicted molar refractivity (Wildman–Crippen MR) is 128 cm³/mol. The number of hydrogen-bond acceptors (Lipinski definition) is 2. The molecule has 0 saturated carbocycles. The Hall–Kier alpha value is -3.79. The molecular weight excluding hydrogens is 382 g/mol. The number of benzene rings is 2. The Morgan fingerprint density at radius 2 is 1.71 bits per heavy atom. The lowest BCUT2D eigenvalue weighted by atomic mass is 10.2. The summed E-state index contributed by atoms with van der Waals surface area (Å²) in [7, 11) is 0. The second-order valence-corrected chi connectivity index (χ2v) is 7.76. The summed E-state index contributed by atoms with van der Waals surface area (Å²) >= 11 is 0. The third-order valence-electron chi connectivity index (χ3n) is 5.39. The number of para-hydroxylation sites is 1. The number of aromatic amines is 2. The predicted octanol–water partition coefficient (Wildman–Crippen LogP) is 6.89. The van der Waals surface area contributed by atoms with E-state index in [0.29, 0.717) is 6.61 Å². The molecule has 4 aromatic rings. The number of ether oxygens (including phenoxy) is 1. The van der Waals surface area contributed by atoms with Crippen molar-refractivity contribution in [3.05, 3.63) is 95.8 Å². The van der Waals surface area contributed by atoms with E-state index in [-0.39, 0.29) is 0 Å². The van der Waals surface area contributed by atoms with E-state index in [1.54, 1.807) is 0 Å². The van der Waals surface area contributed by atoms with E-state index in [1.807, 2.05) is 24.3 Å². The molecule has 2 aromatic carbocycles. The monoisotopic (exact) mass is 407 g/mol. The highest BCUT2D eigenvalue weighted by molar-refractivity contribution is 5.99. The second-order valence-electron chi connectivity index (χ2n) is 7.76. The molecule has 1 aliphatic heterocycles. The van der Waals surface area contributed by atoms with E-state index in [2.05, 4.69) is 77.6 Å². The quantitative estimate of drug-likeness (QED) is 0.344. The number of H-pyrrole nitrogens is 2. The largest absolute Gasteiger partial charge is 0.487 e. The Labute approximate surface area is 182 Å².